The van der Waals surface area contributed by atoms with Gasteiger partial charge >= 0.3 is 29.4 Å². The zero-order chi connectivity index (χ0) is 53.3. The number of nitrogens with zero attached hydrogens (tertiary/aromatic N) is 5. The molecule has 30 nitrogen and oxygen atoms in total. The monoisotopic (exact) mass is 1130 g/mol. The minimum absolute atomic E-state index is 0.00763. The fourth-order valence-corrected chi connectivity index (χ4v) is 13.5. The lowest BCUT2D eigenvalue weighted by molar-refractivity contribution is -0.161. The van der Waals surface area contributed by atoms with Crippen LogP contribution in [0.2, 0.25) is 0 Å². The summed E-state index contributed by atoms with van der Waals surface area (Å²) in [6, 6.07) is -0.545. The van der Waals surface area contributed by atoms with E-state index in [2.05, 4.69) is 39.7 Å². The van der Waals surface area contributed by atoms with E-state index in [-0.39, 0.29) is 42.2 Å². The summed E-state index contributed by atoms with van der Waals surface area (Å²) in [6.45, 7) is 3.31. The van der Waals surface area contributed by atoms with Gasteiger partial charge in [-0.1, -0.05) is 25.6 Å². The Balaban J connectivity index is 0.912. The van der Waals surface area contributed by atoms with E-state index in [9.17, 15) is 77.4 Å². The number of aromatic nitrogens is 4. The van der Waals surface area contributed by atoms with Crippen LogP contribution in [0.25, 0.3) is 11.2 Å². The molecule has 3 aliphatic rings. The van der Waals surface area contributed by atoms with Crippen molar-refractivity contribution in [3.05, 3.63) is 35.0 Å². The number of hydrogen-bond donors (Lipinski definition) is 11. The van der Waals surface area contributed by atoms with Crippen LogP contribution in [-0.4, -0.2) is 173 Å². The second-order valence-corrected chi connectivity index (χ2v) is 25.2. The molecule has 12 N–H and O–H groups in total. The van der Waals surface area contributed by atoms with E-state index in [4.69, 9.17) is 19.5 Å². The molecule has 0 aromatic carbocycles. The SMILES string of the molecule is CC(C)(COP(=O)(O)OP(=O)(O)OCC1OC(n2cnc3c(N)ncnc32)C(O)C1OP(=O)(O)O)C(O)C(=O)NCCC(=O)NCCSC(=O)[C@@H](C(=O)N[C@@H]1C(=O)N2[C@@H]1SC(C)(C)[C@@H]2C(=O)O)c1ccsc1. The van der Waals surface area contributed by atoms with Gasteiger partial charge in [0.15, 0.2) is 17.7 Å². The van der Waals surface area contributed by atoms with Gasteiger partial charge in [0.25, 0.3) is 0 Å². The number of carbonyl (C=O) groups is 6. The highest BCUT2D eigenvalue weighted by Crippen LogP contribution is 2.61. The smallest absolute Gasteiger partial charge is 0.480 e. The highest BCUT2D eigenvalue weighted by Gasteiger charge is 2.64. The van der Waals surface area contributed by atoms with Gasteiger partial charge in [-0.25, -0.2) is 33.4 Å². The molecule has 3 aromatic rings. The average molecular weight is 1130 g/mol. The van der Waals surface area contributed by atoms with Crippen molar-refractivity contribution in [1.82, 2.24) is 40.4 Å². The van der Waals surface area contributed by atoms with E-state index in [0.29, 0.717) is 5.56 Å². The number of aliphatic carboxylic acids is 1. The Hall–Kier alpha value is -3.98. The van der Waals surface area contributed by atoms with Crippen LogP contribution in [0, 0.1) is 5.41 Å². The van der Waals surface area contributed by atoms with E-state index < -0.39 is 136 Å². The molecule has 0 saturated carbocycles. The zero-order valence-electron chi connectivity index (χ0n) is 38.1. The lowest BCUT2D eigenvalue weighted by atomic mass is 9.87. The molecule has 11 atom stereocenters. The number of phosphoric ester groups is 3. The topological polar surface area (TPSA) is 450 Å². The van der Waals surface area contributed by atoms with Crippen molar-refractivity contribution in [2.24, 2.45) is 5.41 Å². The van der Waals surface area contributed by atoms with Crippen molar-refractivity contribution in [3.8, 4) is 0 Å². The first-order valence-corrected chi connectivity index (χ1v) is 28.4. The Labute approximate surface area is 419 Å². The molecule has 7 unspecified atom stereocenters. The minimum atomic E-state index is -5.63. The predicted molar refractivity (Wildman–Crippen MR) is 250 cm³/mol. The van der Waals surface area contributed by atoms with Crippen LogP contribution >= 0.6 is 58.3 Å². The van der Waals surface area contributed by atoms with Gasteiger partial charge in [-0.15, -0.1) is 11.8 Å². The third-order valence-corrected chi connectivity index (χ3v) is 17.4. The number of carboxylic acids is 1. The number of ether oxygens (including phenoxy) is 1. The molecule has 0 aliphatic carbocycles. The first-order valence-electron chi connectivity index (χ1n) is 21.0. The van der Waals surface area contributed by atoms with E-state index in [1.807, 2.05) is 0 Å². The van der Waals surface area contributed by atoms with Crippen molar-refractivity contribution in [1.29, 1.82) is 0 Å². The van der Waals surface area contributed by atoms with Gasteiger partial charge in [0.05, 0.1) is 19.5 Å². The Bertz CT molecular complexity index is 2700. The molecular formula is C36H50N9O21P3S3. The number of carbonyl (C=O) groups excluding carboxylic acids is 5. The first kappa shape index (κ1) is 57.3. The number of aliphatic hydroxyl groups is 2. The van der Waals surface area contributed by atoms with Gasteiger partial charge in [-0.3, -0.25) is 42.1 Å². The van der Waals surface area contributed by atoms with E-state index in [1.54, 1.807) is 30.7 Å². The third kappa shape index (κ3) is 13.5. The number of anilines is 1. The number of imidazole rings is 1. The molecule has 3 fully saturated rings. The molecule has 72 heavy (non-hydrogen) atoms. The molecule has 398 valence electrons. The quantitative estimate of drug-likeness (QED) is 0.0225. The maximum Gasteiger partial charge on any atom is 0.481 e. The molecular weight excluding hydrogens is 1080 g/mol. The normalized spacial score (nSPS) is 25.4. The number of aliphatic hydroxyl groups excluding tert-OH is 2. The molecule has 0 bridgehead atoms. The Morgan fingerprint density at radius 2 is 1.72 bits per heavy atom. The molecule has 3 aromatic heterocycles. The number of thioether (sulfide) groups is 2. The maximum atomic E-state index is 13.5. The lowest BCUT2D eigenvalue weighted by Crippen LogP contribution is -2.71. The second-order valence-electron chi connectivity index (χ2n) is 17.3. The van der Waals surface area contributed by atoms with Gasteiger partial charge in [-0.2, -0.15) is 15.6 Å². The molecule has 3 aliphatic heterocycles. The Kier molecular flexibility index (Phi) is 17.9. The molecule has 0 radical (unpaired) electrons. The van der Waals surface area contributed by atoms with Gasteiger partial charge in [0, 0.05) is 35.4 Å². The molecule has 3 saturated heterocycles. The number of β-lactam (4-membered cyclic amide) rings is 1. The number of carboxylic acid groups (broad SMARTS) is 1. The van der Waals surface area contributed by atoms with Crippen molar-refractivity contribution >= 4 is 110 Å². The number of nitrogens with one attached hydrogen (secondary N) is 3. The van der Waals surface area contributed by atoms with Crippen molar-refractivity contribution in [2.45, 2.75) is 92.9 Å². The number of phosphoric acid groups is 3. The number of nitrogen functional groups attached to an aromatic ring is 1. The standard InChI is InChI=1S/C36H50N9O21P3S3/c1-35(2,13-63-69(60,61)66-68(58,59)62-11-17-23(65-67(55,56)57)22(47)31(64-17)44-15-42-20-26(37)40-14-41-27(20)44)25(48)29(50)39-7-5-18(46)38-8-10-71-34(54)19(16-6-9-70-12-16)28(49)43-21-30(51)45-24(33(52)53)36(3,4)72-32(21)45/h6,9,12,14-15,17,19,21-25,31-32,47-48H,5,7-8,10-11,13H2,1-4H3,(H,38,46)(H,39,50)(H,43,49)(H,52,53)(H,58,59)(H,60,61)(H2,37,40,41)(H2,55,56,57)/t17?,19-,21-,22?,23?,24+,25?,31?,32-/m1/s1. The van der Waals surface area contributed by atoms with Crippen LogP contribution in [0.1, 0.15) is 51.8 Å². The summed E-state index contributed by atoms with van der Waals surface area (Å²) >= 11 is 3.22. The third-order valence-electron chi connectivity index (χ3n) is 11.1. The van der Waals surface area contributed by atoms with Gasteiger partial charge in [0.1, 0.15) is 59.6 Å². The van der Waals surface area contributed by atoms with Crippen molar-refractivity contribution in [3.63, 3.8) is 0 Å². The molecule has 0 spiro atoms. The molecule has 6 rings (SSSR count). The fraction of sp³-hybridized carbons (Fsp3) is 0.583. The van der Waals surface area contributed by atoms with Crippen LogP contribution in [0.5, 0.6) is 0 Å². The van der Waals surface area contributed by atoms with Crippen molar-refractivity contribution < 1.29 is 100.0 Å². The number of fused-ring (bicyclic) bond motifs is 2. The summed E-state index contributed by atoms with van der Waals surface area (Å²) in [4.78, 5) is 129. The van der Waals surface area contributed by atoms with E-state index in [1.165, 1.54) is 41.8 Å². The van der Waals surface area contributed by atoms with Crippen LogP contribution in [-0.2, 0) is 65.1 Å². The van der Waals surface area contributed by atoms with Crippen LogP contribution in [0.4, 0.5) is 5.82 Å². The molecule has 36 heteroatoms. The maximum absolute atomic E-state index is 13.5. The highest BCUT2D eigenvalue weighted by molar-refractivity contribution is 8.13. The number of hydrogen-bond acceptors (Lipinski definition) is 23. The number of amides is 4. The number of thiophene rings is 1. The van der Waals surface area contributed by atoms with E-state index >= 15 is 0 Å². The largest absolute Gasteiger partial charge is 0.481 e. The summed E-state index contributed by atoms with van der Waals surface area (Å²) in [5.74, 6) is -5.50. The second kappa shape index (κ2) is 22.5. The zero-order valence-corrected chi connectivity index (χ0v) is 43.2. The number of nitrogens with two attached hydrogens (primary N) is 1. The van der Waals surface area contributed by atoms with Crippen LogP contribution < -0.4 is 21.7 Å². The van der Waals surface area contributed by atoms with Crippen molar-refractivity contribution in [2.75, 3.05) is 37.8 Å². The summed E-state index contributed by atoms with van der Waals surface area (Å²) < 4.78 is 61.7. The summed E-state index contributed by atoms with van der Waals surface area (Å²) in [5.41, 5.74) is 4.52. The fourth-order valence-electron chi connectivity index (χ4n) is 7.58. The highest BCUT2D eigenvalue weighted by atomic mass is 32.2. The average Bonchev–Trinajstić information content (AvgIpc) is 4.07. The Morgan fingerprint density at radius 1 is 1.03 bits per heavy atom. The molecule has 4 amide bonds. The van der Waals surface area contributed by atoms with Crippen LogP contribution in [0.3, 0.4) is 0 Å². The van der Waals surface area contributed by atoms with Gasteiger partial charge in [-0.05, 0) is 36.2 Å². The van der Waals surface area contributed by atoms with Gasteiger partial charge in [0.2, 0.25) is 28.7 Å². The lowest BCUT2D eigenvalue weighted by Gasteiger charge is -2.43. The summed E-state index contributed by atoms with van der Waals surface area (Å²) in [6.07, 6.45) is -7.32. The van der Waals surface area contributed by atoms with Crippen LogP contribution in [0.15, 0.2) is 29.5 Å². The summed E-state index contributed by atoms with van der Waals surface area (Å²) in [5, 5.41) is 40.9. The Morgan fingerprint density at radius 3 is 2.38 bits per heavy atom. The first-order chi connectivity index (χ1) is 33.4. The summed E-state index contributed by atoms with van der Waals surface area (Å²) in [7, 11) is -16.6. The minimum Gasteiger partial charge on any atom is -0.480 e. The number of rotatable bonds is 24. The predicted octanol–water partition coefficient (Wildman–Crippen LogP) is -0.858. The van der Waals surface area contributed by atoms with Gasteiger partial charge < -0.3 is 66.2 Å². The van der Waals surface area contributed by atoms with E-state index in [0.717, 1.165) is 29.0 Å². The molecule has 6 heterocycles.